The zero-order valence-electron chi connectivity index (χ0n) is 9.69. The Kier molecular flexibility index (Phi) is 4.58. The third-order valence-electron chi connectivity index (χ3n) is 2.06. The van der Waals surface area contributed by atoms with Gasteiger partial charge in [-0.15, -0.1) is 6.42 Å². The van der Waals surface area contributed by atoms with Crippen molar-refractivity contribution in [3.05, 3.63) is 23.8 Å². The molecule has 0 aliphatic heterocycles. The minimum absolute atomic E-state index is 0.0599. The van der Waals surface area contributed by atoms with Crippen LogP contribution in [0.4, 0.5) is 10.5 Å². The molecule has 2 amide bonds. The number of hydrogen-bond donors (Lipinski definition) is 3. The van der Waals surface area contributed by atoms with Gasteiger partial charge in [0.15, 0.2) is 0 Å². The Morgan fingerprint density at radius 2 is 2.22 bits per heavy atom. The molecule has 0 radical (unpaired) electrons. The van der Waals surface area contributed by atoms with Crippen LogP contribution in [-0.2, 0) is 0 Å². The summed E-state index contributed by atoms with van der Waals surface area (Å²) in [6, 6.07) is 3.74. The number of benzene rings is 1. The Hall–Kier alpha value is -2.68. The molecule has 0 saturated heterocycles. The molecule has 0 saturated carbocycles. The van der Waals surface area contributed by atoms with E-state index in [1.165, 1.54) is 19.2 Å². The zero-order valence-corrected chi connectivity index (χ0v) is 9.69. The maximum Gasteiger partial charge on any atom is 0.337 e. The summed E-state index contributed by atoms with van der Waals surface area (Å²) in [4.78, 5) is 22.4. The Labute approximate surface area is 104 Å². The highest BCUT2D eigenvalue weighted by Crippen LogP contribution is 2.21. The van der Waals surface area contributed by atoms with Gasteiger partial charge < -0.3 is 20.5 Å². The van der Waals surface area contributed by atoms with Gasteiger partial charge in [0.05, 0.1) is 24.9 Å². The molecule has 1 aromatic rings. The van der Waals surface area contributed by atoms with E-state index in [9.17, 15) is 9.59 Å². The second kappa shape index (κ2) is 6.15. The van der Waals surface area contributed by atoms with E-state index in [0.29, 0.717) is 5.75 Å². The molecule has 0 spiro atoms. The first-order chi connectivity index (χ1) is 8.58. The number of rotatable bonds is 4. The summed E-state index contributed by atoms with van der Waals surface area (Å²) in [7, 11) is 1.42. The molecule has 1 aromatic carbocycles. The third-order valence-corrected chi connectivity index (χ3v) is 2.06. The van der Waals surface area contributed by atoms with Crippen molar-refractivity contribution >= 4 is 17.7 Å². The fourth-order valence-electron chi connectivity index (χ4n) is 1.23. The first kappa shape index (κ1) is 13.4. The van der Waals surface area contributed by atoms with Crippen molar-refractivity contribution in [3.8, 4) is 18.1 Å². The molecule has 0 unspecified atom stereocenters. The lowest BCUT2D eigenvalue weighted by molar-refractivity contribution is 0.0697. The fourth-order valence-corrected chi connectivity index (χ4v) is 1.23. The molecule has 0 heterocycles. The molecule has 6 nitrogen and oxygen atoms in total. The smallest absolute Gasteiger partial charge is 0.337 e. The average molecular weight is 248 g/mol. The van der Waals surface area contributed by atoms with Gasteiger partial charge in [-0.2, -0.15) is 0 Å². The second-order valence-corrected chi connectivity index (χ2v) is 3.23. The van der Waals surface area contributed by atoms with Gasteiger partial charge in [0, 0.05) is 0 Å². The highest BCUT2D eigenvalue weighted by molar-refractivity contribution is 6.00. The molecule has 0 fully saturated rings. The number of carbonyl (C=O) groups is 2. The normalized spacial score (nSPS) is 9.11. The molecule has 0 aliphatic rings. The molecule has 94 valence electrons. The van der Waals surface area contributed by atoms with E-state index in [4.69, 9.17) is 16.3 Å². The molecule has 0 aromatic heterocycles. The Morgan fingerprint density at radius 1 is 1.50 bits per heavy atom. The zero-order chi connectivity index (χ0) is 13.5. The van der Waals surface area contributed by atoms with Gasteiger partial charge in [0.25, 0.3) is 0 Å². The van der Waals surface area contributed by atoms with Crippen molar-refractivity contribution in [2.75, 3.05) is 19.0 Å². The van der Waals surface area contributed by atoms with Gasteiger partial charge in [-0.25, -0.2) is 9.59 Å². The van der Waals surface area contributed by atoms with Crippen molar-refractivity contribution in [2.45, 2.75) is 0 Å². The van der Waals surface area contributed by atoms with Crippen LogP contribution in [0.2, 0.25) is 0 Å². The first-order valence-electron chi connectivity index (χ1n) is 4.98. The van der Waals surface area contributed by atoms with E-state index < -0.39 is 12.0 Å². The van der Waals surface area contributed by atoms with Crippen LogP contribution in [0.3, 0.4) is 0 Å². The average Bonchev–Trinajstić information content (AvgIpc) is 2.36. The fraction of sp³-hybridized carbons (Fsp3) is 0.167. The van der Waals surface area contributed by atoms with Gasteiger partial charge in [0.1, 0.15) is 5.75 Å². The van der Waals surface area contributed by atoms with Crippen molar-refractivity contribution in [1.82, 2.24) is 5.32 Å². The van der Waals surface area contributed by atoms with Gasteiger partial charge in [-0.1, -0.05) is 5.92 Å². The number of methoxy groups -OCH3 is 1. The molecule has 0 atom stereocenters. The summed E-state index contributed by atoms with van der Waals surface area (Å²) < 4.78 is 4.91. The highest BCUT2D eigenvalue weighted by atomic mass is 16.5. The quantitative estimate of drug-likeness (QED) is 0.697. The van der Waals surface area contributed by atoms with E-state index in [-0.39, 0.29) is 17.8 Å². The van der Waals surface area contributed by atoms with Crippen LogP contribution in [0, 0.1) is 12.3 Å². The number of ether oxygens (including phenoxy) is 1. The number of carbonyl (C=O) groups excluding carboxylic acids is 1. The van der Waals surface area contributed by atoms with Crippen LogP contribution in [0.1, 0.15) is 10.4 Å². The van der Waals surface area contributed by atoms with Crippen LogP contribution >= 0.6 is 0 Å². The summed E-state index contributed by atoms with van der Waals surface area (Å²) in [5.41, 5.74) is 0.100. The molecule has 0 bridgehead atoms. The summed E-state index contributed by atoms with van der Waals surface area (Å²) in [6.07, 6.45) is 4.98. The second-order valence-electron chi connectivity index (χ2n) is 3.23. The lowest BCUT2D eigenvalue weighted by atomic mass is 10.1. The number of nitrogens with one attached hydrogen (secondary N) is 2. The van der Waals surface area contributed by atoms with Crippen LogP contribution < -0.4 is 15.4 Å². The first-order valence-corrected chi connectivity index (χ1v) is 4.98. The van der Waals surface area contributed by atoms with E-state index in [0.717, 1.165) is 0 Å². The molecule has 0 aliphatic carbocycles. The highest BCUT2D eigenvalue weighted by Gasteiger charge is 2.13. The summed E-state index contributed by atoms with van der Waals surface area (Å²) >= 11 is 0. The van der Waals surface area contributed by atoms with Crippen LogP contribution in [0.25, 0.3) is 0 Å². The van der Waals surface area contributed by atoms with Crippen LogP contribution in [0.15, 0.2) is 18.2 Å². The van der Waals surface area contributed by atoms with Gasteiger partial charge in [0.2, 0.25) is 0 Å². The number of anilines is 1. The molecule has 6 heteroatoms. The molecular weight excluding hydrogens is 236 g/mol. The number of carboxylic acids is 1. The number of carboxylic acid groups (broad SMARTS) is 1. The van der Waals surface area contributed by atoms with E-state index >= 15 is 0 Å². The molecule has 18 heavy (non-hydrogen) atoms. The van der Waals surface area contributed by atoms with Gasteiger partial charge in [-0.3, -0.25) is 0 Å². The molecule has 3 N–H and O–H groups in total. The van der Waals surface area contributed by atoms with Crippen molar-refractivity contribution in [2.24, 2.45) is 0 Å². The topological polar surface area (TPSA) is 87.7 Å². The monoisotopic (exact) mass is 248 g/mol. The SMILES string of the molecule is C#CCNC(=O)Nc1ccc(OC)cc1C(=O)O. The Balaban J connectivity index is 2.91. The summed E-state index contributed by atoms with van der Waals surface area (Å²) in [5.74, 6) is 1.46. The molecule has 1 rings (SSSR count). The lowest BCUT2D eigenvalue weighted by Crippen LogP contribution is -2.29. The summed E-state index contributed by atoms with van der Waals surface area (Å²) in [5, 5.41) is 13.8. The van der Waals surface area contributed by atoms with Gasteiger partial charge in [-0.05, 0) is 18.2 Å². The number of aromatic carboxylic acids is 1. The summed E-state index contributed by atoms with van der Waals surface area (Å²) in [6.45, 7) is 0.0599. The number of urea groups is 1. The number of terminal acetylenes is 1. The van der Waals surface area contributed by atoms with Crippen molar-refractivity contribution < 1.29 is 19.4 Å². The minimum Gasteiger partial charge on any atom is -0.497 e. The van der Waals surface area contributed by atoms with E-state index in [1.807, 2.05) is 0 Å². The lowest BCUT2D eigenvalue weighted by Gasteiger charge is -2.10. The number of hydrogen-bond acceptors (Lipinski definition) is 3. The minimum atomic E-state index is -1.17. The largest absolute Gasteiger partial charge is 0.497 e. The van der Waals surface area contributed by atoms with Gasteiger partial charge >= 0.3 is 12.0 Å². The third kappa shape index (κ3) is 3.42. The van der Waals surface area contributed by atoms with Crippen molar-refractivity contribution in [3.63, 3.8) is 0 Å². The Morgan fingerprint density at radius 3 is 2.78 bits per heavy atom. The van der Waals surface area contributed by atoms with E-state index in [2.05, 4.69) is 16.6 Å². The maximum atomic E-state index is 11.4. The van der Waals surface area contributed by atoms with Crippen molar-refractivity contribution in [1.29, 1.82) is 0 Å². The van der Waals surface area contributed by atoms with Crippen LogP contribution in [0.5, 0.6) is 5.75 Å². The maximum absolute atomic E-state index is 11.4. The van der Waals surface area contributed by atoms with E-state index in [1.54, 1.807) is 6.07 Å². The molecular formula is C12H12N2O4. The predicted molar refractivity (Wildman–Crippen MR) is 65.8 cm³/mol. The number of amides is 2. The standard InChI is InChI=1S/C12H12N2O4/c1-3-6-13-12(17)14-10-5-4-8(18-2)7-9(10)11(15)16/h1,4-5,7H,6H2,2H3,(H,15,16)(H2,13,14,17). The van der Waals surface area contributed by atoms with Crippen LogP contribution in [-0.4, -0.2) is 30.8 Å². The predicted octanol–water partition coefficient (Wildman–Crippen LogP) is 1.15. The Bertz CT molecular complexity index is 505.